The van der Waals surface area contributed by atoms with Crippen LogP contribution in [0.25, 0.3) is 10.9 Å². The molecule has 124 valence electrons. The average molecular weight is 323 g/mol. The summed E-state index contributed by atoms with van der Waals surface area (Å²) in [5, 5.41) is 1.06. The van der Waals surface area contributed by atoms with E-state index >= 15 is 0 Å². The standard InChI is InChI=1S/C19H21N3O2/c1-13-5-6-14-11-16(20-15(14)10-13)19(23)22-8-9-24-12-18(22)17-4-3-7-21(17)2/h3-7,10-11,18,20H,8-9,12H2,1-2H3/t18-/m1/s1. The van der Waals surface area contributed by atoms with Crippen molar-refractivity contribution in [2.45, 2.75) is 13.0 Å². The van der Waals surface area contributed by atoms with E-state index in [1.54, 1.807) is 0 Å². The van der Waals surface area contributed by atoms with Gasteiger partial charge in [0.1, 0.15) is 5.69 Å². The van der Waals surface area contributed by atoms with E-state index in [0.29, 0.717) is 25.5 Å². The molecule has 24 heavy (non-hydrogen) atoms. The van der Waals surface area contributed by atoms with Crippen LogP contribution in [0.5, 0.6) is 0 Å². The van der Waals surface area contributed by atoms with Crippen LogP contribution in [0.4, 0.5) is 0 Å². The van der Waals surface area contributed by atoms with Gasteiger partial charge >= 0.3 is 0 Å². The van der Waals surface area contributed by atoms with E-state index in [9.17, 15) is 4.79 Å². The van der Waals surface area contributed by atoms with Crippen molar-refractivity contribution in [3.63, 3.8) is 0 Å². The predicted molar refractivity (Wildman–Crippen MR) is 93.0 cm³/mol. The number of hydrogen-bond acceptors (Lipinski definition) is 2. The third-order valence-corrected chi connectivity index (χ3v) is 4.72. The average Bonchev–Trinajstić information content (AvgIpc) is 3.19. The highest BCUT2D eigenvalue weighted by molar-refractivity contribution is 5.98. The molecule has 1 fully saturated rings. The van der Waals surface area contributed by atoms with E-state index in [1.807, 2.05) is 47.0 Å². The Morgan fingerprint density at radius 3 is 2.96 bits per heavy atom. The Morgan fingerprint density at radius 1 is 1.29 bits per heavy atom. The molecule has 1 aliphatic rings. The van der Waals surface area contributed by atoms with Gasteiger partial charge in [0, 0.05) is 36.4 Å². The van der Waals surface area contributed by atoms with Gasteiger partial charge in [0.25, 0.3) is 5.91 Å². The molecule has 5 heteroatoms. The van der Waals surface area contributed by atoms with Crippen LogP contribution in [-0.2, 0) is 11.8 Å². The summed E-state index contributed by atoms with van der Waals surface area (Å²) in [7, 11) is 2.00. The molecule has 1 atom stereocenters. The first-order valence-electron chi connectivity index (χ1n) is 8.23. The monoisotopic (exact) mass is 323 g/mol. The zero-order valence-electron chi connectivity index (χ0n) is 14.0. The Hall–Kier alpha value is -2.53. The van der Waals surface area contributed by atoms with E-state index in [-0.39, 0.29) is 11.9 Å². The topological polar surface area (TPSA) is 50.3 Å². The van der Waals surface area contributed by atoms with Gasteiger partial charge in [-0.2, -0.15) is 0 Å². The molecule has 0 spiro atoms. The summed E-state index contributed by atoms with van der Waals surface area (Å²) in [6.45, 7) is 3.76. The Labute approximate surface area is 140 Å². The third kappa shape index (κ3) is 2.51. The summed E-state index contributed by atoms with van der Waals surface area (Å²) < 4.78 is 7.68. The number of morpholine rings is 1. The number of aromatic nitrogens is 2. The minimum absolute atomic E-state index is 0.0263. The summed E-state index contributed by atoms with van der Waals surface area (Å²) in [5.74, 6) is 0.0263. The van der Waals surface area contributed by atoms with Crippen molar-refractivity contribution in [3.8, 4) is 0 Å². The SMILES string of the molecule is Cc1ccc2cc(C(=O)N3CCOC[C@@H]3c3cccn3C)[nH]c2c1. The van der Waals surface area contributed by atoms with Gasteiger partial charge in [-0.1, -0.05) is 12.1 Å². The predicted octanol–water partition coefficient (Wildman–Crippen LogP) is 3.03. The number of aryl methyl sites for hydroxylation is 2. The number of H-pyrrole nitrogens is 1. The lowest BCUT2D eigenvalue weighted by Crippen LogP contribution is -2.44. The van der Waals surface area contributed by atoms with Crippen molar-refractivity contribution in [1.82, 2.24) is 14.5 Å². The third-order valence-electron chi connectivity index (χ3n) is 4.72. The van der Waals surface area contributed by atoms with Gasteiger partial charge in [-0.3, -0.25) is 4.79 Å². The highest BCUT2D eigenvalue weighted by atomic mass is 16.5. The van der Waals surface area contributed by atoms with Crippen LogP contribution >= 0.6 is 0 Å². The number of aromatic amines is 1. The number of amides is 1. The molecule has 3 heterocycles. The molecule has 0 bridgehead atoms. The van der Waals surface area contributed by atoms with Crippen LogP contribution in [-0.4, -0.2) is 40.1 Å². The van der Waals surface area contributed by atoms with E-state index in [0.717, 1.165) is 16.6 Å². The van der Waals surface area contributed by atoms with E-state index < -0.39 is 0 Å². The lowest BCUT2D eigenvalue weighted by atomic mass is 10.1. The highest BCUT2D eigenvalue weighted by Crippen LogP contribution is 2.27. The fourth-order valence-corrected chi connectivity index (χ4v) is 3.42. The molecule has 2 aromatic heterocycles. The zero-order valence-corrected chi connectivity index (χ0v) is 14.0. The lowest BCUT2D eigenvalue weighted by Gasteiger charge is -2.35. The molecule has 0 radical (unpaired) electrons. The molecule has 0 unspecified atom stereocenters. The van der Waals surface area contributed by atoms with Crippen LogP contribution in [0.15, 0.2) is 42.6 Å². The first kappa shape index (κ1) is 15.0. The number of fused-ring (bicyclic) bond motifs is 1. The van der Waals surface area contributed by atoms with Crippen molar-refractivity contribution < 1.29 is 9.53 Å². The molecule has 1 aliphatic heterocycles. The van der Waals surface area contributed by atoms with Gasteiger partial charge in [-0.15, -0.1) is 0 Å². The van der Waals surface area contributed by atoms with Crippen molar-refractivity contribution in [2.24, 2.45) is 7.05 Å². The molecule has 0 aliphatic carbocycles. The minimum Gasteiger partial charge on any atom is -0.377 e. The second kappa shape index (κ2) is 5.83. The summed E-state index contributed by atoms with van der Waals surface area (Å²) in [6.07, 6.45) is 2.00. The van der Waals surface area contributed by atoms with Gasteiger partial charge in [-0.25, -0.2) is 0 Å². The molecule has 5 nitrogen and oxygen atoms in total. The summed E-state index contributed by atoms with van der Waals surface area (Å²) in [6, 6.07) is 12.1. The van der Waals surface area contributed by atoms with Crippen LogP contribution in [0.1, 0.15) is 27.8 Å². The smallest absolute Gasteiger partial charge is 0.271 e. The van der Waals surface area contributed by atoms with Crippen molar-refractivity contribution in [1.29, 1.82) is 0 Å². The van der Waals surface area contributed by atoms with Gasteiger partial charge in [-0.05, 0) is 36.8 Å². The minimum atomic E-state index is -0.0561. The number of ether oxygens (including phenoxy) is 1. The van der Waals surface area contributed by atoms with Crippen LogP contribution in [0.3, 0.4) is 0 Å². The number of carbonyl (C=O) groups excluding carboxylic acids is 1. The molecular formula is C19H21N3O2. The molecule has 1 saturated heterocycles. The number of carbonyl (C=O) groups is 1. The molecule has 4 rings (SSSR count). The Morgan fingerprint density at radius 2 is 2.17 bits per heavy atom. The number of nitrogens with one attached hydrogen (secondary N) is 1. The van der Waals surface area contributed by atoms with Crippen LogP contribution < -0.4 is 0 Å². The molecule has 0 saturated carbocycles. The summed E-state index contributed by atoms with van der Waals surface area (Å²) in [4.78, 5) is 18.3. The number of benzene rings is 1. The zero-order chi connectivity index (χ0) is 16.7. The van der Waals surface area contributed by atoms with Crippen LogP contribution in [0.2, 0.25) is 0 Å². The number of nitrogens with zero attached hydrogens (tertiary/aromatic N) is 2. The maximum Gasteiger partial charge on any atom is 0.271 e. The largest absolute Gasteiger partial charge is 0.377 e. The van der Waals surface area contributed by atoms with Gasteiger partial charge < -0.3 is 19.2 Å². The maximum absolute atomic E-state index is 13.1. The first-order valence-corrected chi connectivity index (χ1v) is 8.23. The second-order valence-corrected chi connectivity index (χ2v) is 6.41. The normalized spacial score (nSPS) is 18.2. The first-order chi connectivity index (χ1) is 11.6. The van der Waals surface area contributed by atoms with E-state index in [2.05, 4.69) is 24.0 Å². The summed E-state index contributed by atoms with van der Waals surface area (Å²) >= 11 is 0. The van der Waals surface area contributed by atoms with Crippen molar-refractivity contribution >= 4 is 16.8 Å². The van der Waals surface area contributed by atoms with Gasteiger partial charge in [0.15, 0.2) is 0 Å². The fourth-order valence-electron chi connectivity index (χ4n) is 3.42. The number of rotatable bonds is 2. The lowest BCUT2D eigenvalue weighted by molar-refractivity contribution is -0.00488. The fraction of sp³-hybridized carbons (Fsp3) is 0.316. The molecule has 1 N–H and O–H groups in total. The molecule has 1 aromatic carbocycles. The Balaban J connectivity index is 1.69. The van der Waals surface area contributed by atoms with Crippen molar-refractivity contribution in [2.75, 3.05) is 19.8 Å². The van der Waals surface area contributed by atoms with Crippen LogP contribution in [0, 0.1) is 6.92 Å². The number of hydrogen-bond donors (Lipinski definition) is 1. The Bertz CT molecular complexity index is 893. The second-order valence-electron chi connectivity index (χ2n) is 6.41. The van der Waals surface area contributed by atoms with Gasteiger partial charge in [0.2, 0.25) is 0 Å². The van der Waals surface area contributed by atoms with E-state index in [1.165, 1.54) is 5.56 Å². The van der Waals surface area contributed by atoms with Crippen molar-refractivity contribution in [3.05, 3.63) is 59.5 Å². The molecule has 1 amide bonds. The quantitative estimate of drug-likeness (QED) is 0.788. The molecular weight excluding hydrogens is 302 g/mol. The maximum atomic E-state index is 13.1. The summed E-state index contributed by atoms with van der Waals surface area (Å²) in [5.41, 5.74) is 3.91. The molecule has 3 aromatic rings. The van der Waals surface area contributed by atoms with Gasteiger partial charge in [0.05, 0.1) is 19.3 Å². The highest BCUT2D eigenvalue weighted by Gasteiger charge is 2.31. The Kier molecular flexibility index (Phi) is 3.65. The van der Waals surface area contributed by atoms with E-state index in [4.69, 9.17) is 4.74 Å².